The van der Waals surface area contributed by atoms with E-state index in [0.29, 0.717) is 23.1 Å². The number of aromatic nitrogens is 2. The minimum atomic E-state index is -1.06. The molecule has 8 nitrogen and oxygen atoms in total. The van der Waals surface area contributed by atoms with Crippen LogP contribution < -0.4 is 16.0 Å². The second kappa shape index (κ2) is 10.8. The summed E-state index contributed by atoms with van der Waals surface area (Å²) < 4.78 is 7.17. The van der Waals surface area contributed by atoms with Gasteiger partial charge in [0.2, 0.25) is 6.41 Å². The first-order chi connectivity index (χ1) is 16.3. The average molecular weight is 500 g/mol. The molecule has 3 aromatic rings. The van der Waals surface area contributed by atoms with Crippen molar-refractivity contribution in [3.05, 3.63) is 70.9 Å². The van der Waals surface area contributed by atoms with Crippen LogP contribution in [0, 0.1) is 0 Å². The minimum Gasteiger partial charge on any atom is -0.356 e. The van der Waals surface area contributed by atoms with Gasteiger partial charge in [-0.05, 0) is 62.7 Å². The molecule has 0 fully saturated rings. The van der Waals surface area contributed by atoms with Crippen molar-refractivity contribution in [1.29, 1.82) is 0 Å². The molecule has 0 spiro atoms. The number of rotatable bonds is 7. The summed E-state index contributed by atoms with van der Waals surface area (Å²) in [5.74, 6) is 0.543. The van der Waals surface area contributed by atoms with Gasteiger partial charge in [0.15, 0.2) is 0 Å². The number of carbonyl (C=O) groups is 1. The molecule has 0 saturated heterocycles. The van der Waals surface area contributed by atoms with Crippen molar-refractivity contribution in [1.82, 2.24) is 15.1 Å². The van der Waals surface area contributed by atoms with Crippen LogP contribution in [0.4, 0.5) is 16.3 Å². The molecule has 4 N–H and O–H groups in total. The number of nitrogens with zero attached hydrogens (tertiary/aromatic N) is 2. The van der Waals surface area contributed by atoms with Crippen LogP contribution in [0.1, 0.15) is 52.8 Å². The Labute approximate surface area is 211 Å². The number of hydrogen-bond acceptors (Lipinski definition) is 5. The van der Waals surface area contributed by atoms with Gasteiger partial charge in [-0.2, -0.15) is 5.10 Å². The number of nitrogens with one attached hydrogen (secondary N) is 3. The largest absolute Gasteiger partial charge is 0.356 e. The number of urea groups is 1. The van der Waals surface area contributed by atoms with Gasteiger partial charge in [0.05, 0.1) is 17.0 Å². The van der Waals surface area contributed by atoms with Crippen molar-refractivity contribution in [3.8, 4) is 5.69 Å². The number of carbonyl (C=O) groups excluding carboxylic acids is 1. The van der Waals surface area contributed by atoms with E-state index in [4.69, 9.17) is 21.4 Å². The van der Waals surface area contributed by atoms with Gasteiger partial charge < -0.3 is 15.2 Å². The van der Waals surface area contributed by atoms with Crippen LogP contribution in [-0.2, 0) is 16.7 Å². The highest BCUT2D eigenvalue weighted by atomic mass is 35.5. The number of hydrogen-bond donors (Lipinski definition) is 4. The summed E-state index contributed by atoms with van der Waals surface area (Å²) in [6.45, 7) is 12.3. The number of benzene rings is 2. The number of ether oxygens (including phenoxy) is 1. The molecule has 2 amide bonds. The fourth-order valence-electron chi connectivity index (χ4n) is 3.18. The molecule has 188 valence electrons. The molecule has 0 saturated carbocycles. The van der Waals surface area contributed by atoms with Crippen molar-refractivity contribution >= 4 is 29.1 Å². The predicted molar refractivity (Wildman–Crippen MR) is 140 cm³/mol. The predicted octanol–water partition coefficient (Wildman–Crippen LogP) is 5.65. The normalized spacial score (nSPS) is 12.9. The van der Waals surface area contributed by atoms with Gasteiger partial charge >= 0.3 is 6.03 Å². The number of anilines is 2. The fourth-order valence-corrected chi connectivity index (χ4v) is 3.31. The van der Waals surface area contributed by atoms with Crippen molar-refractivity contribution < 1.29 is 14.6 Å². The summed E-state index contributed by atoms with van der Waals surface area (Å²) >= 11 is 5.92. The van der Waals surface area contributed by atoms with Crippen molar-refractivity contribution in [2.24, 2.45) is 0 Å². The third-order valence-electron chi connectivity index (χ3n) is 4.95. The van der Waals surface area contributed by atoms with Gasteiger partial charge in [-0.1, -0.05) is 44.5 Å². The Balaban J connectivity index is 1.75. The minimum absolute atomic E-state index is 0.207. The number of aliphatic hydroxyl groups is 1. The monoisotopic (exact) mass is 499 g/mol. The Morgan fingerprint density at radius 2 is 1.66 bits per heavy atom. The van der Waals surface area contributed by atoms with E-state index >= 15 is 0 Å². The molecule has 9 heteroatoms. The van der Waals surface area contributed by atoms with Gasteiger partial charge in [-0.25, -0.2) is 9.48 Å². The highest BCUT2D eigenvalue weighted by Crippen LogP contribution is 2.27. The molecule has 3 rings (SSSR count). The van der Waals surface area contributed by atoms with Crippen LogP contribution in [0.5, 0.6) is 0 Å². The molecule has 35 heavy (non-hydrogen) atoms. The Kier molecular flexibility index (Phi) is 8.22. The zero-order valence-electron chi connectivity index (χ0n) is 21.0. The van der Waals surface area contributed by atoms with E-state index in [1.54, 1.807) is 28.9 Å². The first kappa shape index (κ1) is 26.7. The Bertz CT molecular complexity index is 1130. The quantitative estimate of drug-likeness (QED) is 0.315. The van der Waals surface area contributed by atoms with Gasteiger partial charge in [-0.3, -0.25) is 10.6 Å². The number of aliphatic hydroxyl groups excluding tert-OH is 1. The van der Waals surface area contributed by atoms with Gasteiger partial charge in [0.25, 0.3) is 0 Å². The van der Waals surface area contributed by atoms with Crippen LogP contribution in [0.2, 0.25) is 5.02 Å². The molecule has 1 atom stereocenters. The summed E-state index contributed by atoms with van der Waals surface area (Å²) in [6.07, 6.45) is -1.06. The van der Waals surface area contributed by atoms with E-state index in [-0.39, 0.29) is 11.4 Å². The lowest BCUT2D eigenvalue weighted by molar-refractivity contribution is -0.182. The molecule has 1 aromatic heterocycles. The van der Waals surface area contributed by atoms with Gasteiger partial charge in [0.1, 0.15) is 5.82 Å². The molecule has 2 aromatic carbocycles. The SMILES string of the molecule is CC(C)(C)OC(O)NCc1ccc(-n2nc(C(C)(C)C)cc2NC(=O)Nc2ccc(Cl)cc2)cc1. The summed E-state index contributed by atoms with van der Waals surface area (Å²) in [5.41, 5.74) is 2.56. The highest BCUT2D eigenvalue weighted by molar-refractivity contribution is 6.30. The Morgan fingerprint density at radius 3 is 2.23 bits per heavy atom. The van der Waals surface area contributed by atoms with Gasteiger partial charge in [-0.15, -0.1) is 0 Å². The maximum atomic E-state index is 12.7. The number of amides is 2. The highest BCUT2D eigenvalue weighted by Gasteiger charge is 2.22. The molecule has 0 radical (unpaired) electrons. The van der Waals surface area contributed by atoms with Crippen LogP contribution in [0.3, 0.4) is 0 Å². The standard InChI is InChI=1S/C26H34ClN5O3/c1-25(2,3)21-15-22(30-23(33)29-19-11-9-18(27)10-12-19)32(31-21)20-13-7-17(8-14-20)16-28-24(34)35-26(4,5)6/h7-15,24,28,34H,16H2,1-6H3,(H2,29,30,33). The van der Waals surface area contributed by atoms with E-state index in [1.807, 2.05) is 51.1 Å². The summed E-state index contributed by atoms with van der Waals surface area (Å²) in [5, 5.41) is 24.0. The Hall–Kier alpha value is -2.91. The zero-order valence-corrected chi connectivity index (χ0v) is 21.8. The van der Waals surface area contributed by atoms with E-state index in [9.17, 15) is 9.90 Å². The van der Waals surface area contributed by atoms with E-state index in [2.05, 4.69) is 36.7 Å². The molecule has 0 aliphatic heterocycles. The molecule has 0 aliphatic rings. The van der Waals surface area contributed by atoms with Crippen molar-refractivity contribution in [2.45, 2.75) is 65.5 Å². The lowest BCUT2D eigenvalue weighted by Crippen LogP contribution is -2.37. The molecule has 0 aliphatic carbocycles. The zero-order chi connectivity index (χ0) is 25.8. The lowest BCUT2D eigenvalue weighted by Gasteiger charge is -2.24. The fraction of sp³-hybridized carbons (Fsp3) is 0.385. The second-order valence-corrected chi connectivity index (χ2v) is 10.7. The third-order valence-corrected chi connectivity index (χ3v) is 5.20. The average Bonchev–Trinajstić information content (AvgIpc) is 3.17. The topological polar surface area (TPSA) is 100 Å². The first-order valence-electron chi connectivity index (χ1n) is 11.4. The first-order valence-corrected chi connectivity index (χ1v) is 11.8. The molecule has 0 bridgehead atoms. The van der Waals surface area contributed by atoms with Crippen molar-refractivity contribution in [3.63, 3.8) is 0 Å². The number of halogens is 1. The van der Waals surface area contributed by atoms with Crippen LogP contribution in [-0.4, -0.2) is 32.9 Å². The Morgan fingerprint density at radius 1 is 1.03 bits per heavy atom. The van der Waals surface area contributed by atoms with Crippen LogP contribution in [0.15, 0.2) is 54.6 Å². The van der Waals surface area contributed by atoms with Gasteiger partial charge in [0, 0.05) is 28.7 Å². The van der Waals surface area contributed by atoms with Crippen LogP contribution in [0.25, 0.3) is 5.69 Å². The summed E-state index contributed by atoms with van der Waals surface area (Å²) in [6, 6.07) is 16.1. The molecule has 1 heterocycles. The summed E-state index contributed by atoms with van der Waals surface area (Å²) in [7, 11) is 0. The molecular weight excluding hydrogens is 466 g/mol. The summed E-state index contributed by atoms with van der Waals surface area (Å²) in [4.78, 5) is 12.7. The van der Waals surface area contributed by atoms with E-state index in [1.165, 1.54) is 0 Å². The third kappa shape index (κ3) is 8.07. The van der Waals surface area contributed by atoms with Crippen LogP contribution >= 0.6 is 11.6 Å². The maximum Gasteiger partial charge on any atom is 0.324 e. The van der Waals surface area contributed by atoms with Crippen molar-refractivity contribution in [2.75, 3.05) is 10.6 Å². The molecule has 1 unspecified atom stereocenters. The lowest BCUT2D eigenvalue weighted by atomic mass is 9.92. The molecular formula is C26H34ClN5O3. The second-order valence-electron chi connectivity index (χ2n) is 10.3. The maximum absolute atomic E-state index is 12.7. The van der Waals surface area contributed by atoms with E-state index < -0.39 is 12.0 Å². The smallest absolute Gasteiger partial charge is 0.324 e. The van der Waals surface area contributed by atoms with E-state index in [0.717, 1.165) is 16.9 Å².